The molecule has 0 radical (unpaired) electrons. The van der Waals surface area contributed by atoms with Crippen molar-refractivity contribution in [2.75, 3.05) is 43.4 Å². The van der Waals surface area contributed by atoms with Crippen molar-refractivity contribution in [3.05, 3.63) is 35.5 Å². The normalized spacial score (nSPS) is 20.7. The topological polar surface area (TPSA) is 130 Å². The van der Waals surface area contributed by atoms with E-state index in [0.717, 1.165) is 43.6 Å². The lowest BCUT2D eigenvalue weighted by Crippen LogP contribution is -2.43. The zero-order valence-electron chi connectivity index (χ0n) is 24.7. The van der Waals surface area contributed by atoms with Crippen LogP contribution >= 0.6 is 11.3 Å². The Bertz CT molecular complexity index is 1760. The number of nitrogen functional groups attached to an aromatic ring is 1. The molecule has 232 valence electrons. The van der Waals surface area contributed by atoms with Crippen LogP contribution in [0.5, 0.6) is 6.01 Å². The summed E-state index contributed by atoms with van der Waals surface area (Å²) in [4.78, 5) is 17.8. The highest BCUT2D eigenvalue weighted by Gasteiger charge is 2.49. The van der Waals surface area contributed by atoms with Crippen LogP contribution in [0, 0.1) is 23.0 Å². The minimum atomic E-state index is -0.925. The van der Waals surface area contributed by atoms with Crippen LogP contribution in [0.2, 0.25) is 0 Å². The van der Waals surface area contributed by atoms with Gasteiger partial charge in [0.1, 0.15) is 46.7 Å². The summed E-state index contributed by atoms with van der Waals surface area (Å²) in [6, 6.07) is 4.45. The van der Waals surface area contributed by atoms with Crippen LogP contribution in [-0.4, -0.2) is 70.4 Å². The molecule has 1 unspecified atom stereocenters. The van der Waals surface area contributed by atoms with Gasteiger partial charge in [0, 0.05) is 49.2 Å². The highest BCUT2D eigenvalue weighted by atomic mass is 32.1. The molecule has 2 aliphatic rings. The third-order valence-electron chi connectivity index (χ3n) is 8.86. The van der Waals surface area contributed by atoms with Gasteiger partial charge in [0.25, 0.3) is 0 Å². The molecule has 9 nitrogen and oxygen atoms in total. The Kier molecular flexibility index (Phi) is 8.26. The maximum atomic E-state index is 16.6. The van der Waals surface area contributed by atoms with Gasteiger partial charge in [0.15, 0.2) is 5.82 Å². The van der Waals surface area contributed by atoms with Crippen molar-refractivity contribution in [1.29, 1.82) is 5.26 Å². The molecule has 5 heterocycles. The summed E-state index contributed by atoms with van der Waals surface area (Å²) in [5.74, 6) is -0.903. The third kappa shape index (κ3) is 5.18. The third-order valence-corrected chi connectivity index (χ3v) is 9.88. The molecule has 4 aromatic rings. The van der Waals surface area contributed by atoms with Gasteiger partial charge < -0.3 is 21.1 Å². The van der Waals surface area contributed by atoms with Crippen molar-refractivity contribution in [2.24, 2.45) is 5.73 Å². The van der Waals surface area contributed by atoms with Gasteiger partial charge in [0.2, 0.25) is 0 Å². The van der Waals surface area contributed by atoms with Gasteiger partial charge in [-0.25, -0.2) is 13.2 Å². The molecule has 4 N–H and O–H groups in total. The second-order valence-corrected chi connectivity index (χ2v) is 12.8. The fourth-order valence-electron chi connectivity index (χ4n) is 6.77. The fraction of sp³-hybridized carbons (Fsp3) is 0.484. The predicted molar refractivity (Wildman–Crippen MR) is 167 cm³/mol. The number of rotatable bonds is 10. The van der Waals surface area contributed by atoms with E-state index >= 15 is 4.39 Å². The fourth-order valence-corrected chi connectivity index (χ4v) is 7.72. The van der Waals surface area contributed by atoms with Gasteiger partial charge in [-0.3, -0.25) is 9.88 Å². The second kappa shape index (κ2) is 12.0. The minimum Gasteiger partial charge on any atom is -0.461 e. The van der Waals surface area contributed by atoms with Crippen molar-refractivity contribution >= 4 is 43.1 Å². The number of likely N-dealkylation sites (N-methyl/N-ethyl adjacent to an activating group) is 1. The molecule has 6 rings (SSSR count). The monoisotopic (exact) mass is 624 g/mol. The lowest BCUT2D eigenvalue weighted by Gasteiger charge is -2.31. The molecule has 0 aliphatic carbocycles. The van der Waals surface area contributed by atoms with Crippen LogP contribution in [0.25, 0.3) is 32.2 Å². The second-order valence-electron chi connectivity index (χ2n) is 11.7. The first kappa shape index (κ1) is 30.3. The van der Waals surface area contributed by atoms with E-state index in [0.29, 0.717) is 37.3 Å². The number of fused-ring (bicyclic) bond motifs is 3. The van der Waals surface area contributed by atoms with E-state index in [1.807, 2.05) is 17.9 Å². The van der Waals surface area contributed by atoms with Crippen molar-refractivity contribution in [3.63, 3.8) is 0 Å². The first-order chi connectivity index (χ1) is 21.2. The molecule has 3 atom stereocenters. The number of anilines is 2. The highest BCUT2D eigenvalue weighted by Crippen LogP contribution is 2.43. The van der Waals surface area contributed by atoms with Crippen molar-refractivity contribution in [3.8, 4) is 23.3 Å². The van der Waals surface area contributed by atoms with Gasteiger partial charge in [-0.15, -0.1) is 11.3 Å². The van der Waals surface area contributed by atoms with Crippen LogP contribution in [0.4, 0.5) is 24.0 Å². The molecule has 0 saturated carbocycles. The largest absolute Gasteiger partial charge is 0.461 e. The van der Waals surface area contributed by atoms with Crippen LogP contribution in [0.1, 0.15) is 51.5 Å². The van der Waals surface area contributed by atoms with Gasteiger partial charge in [-0.05, 0) is 44.9 Å². The molecule has 2 aliphatic heterocycles. The van der Waals surface area contributed by atoms with Crippen LogP contribution in [-0.2, 0) is 0 Å². The molecule has 13 heteroatoms. The van der Waals surface area contributed by atoms with E-state index in [1.165, 1.54) is 18.3 Å². The van der Waals surface area contributed by atoms with Crippen molar-refractivity contribution < 1.29 is 17.9 Å². The molecular formula is C31H35F3N8OS. The molecule has 2 saturated heterocycles. The van der Waals surface area contributed by atoms with E-state index in [2.05, 4.69) is 21.8 Å². The summed E-state index contributed by atoms with van der Waals surface area (Å²) in [5.41, 5.74) is 12.1. The summed E-state index contributed by atoms with van der Waals surface area (Å²) in [6.07, 6.45) is 4.39. The van der Waals surface area contributed by atoms with Crippen molar-refractivity contribution in [1.82, 2.24) is 19.9 Å². The Morgan fingerprint density at radius 2 is 2.11 bits per heavy atom. The number of thiophene rings is 1. The van der Waals surface area contributed by atoms with Gasteiger partial charge >= 0.3 is 6.01 Å². The highest BCUT2D eigenvalue weighted by molar-refractivity contribution is 7.23. The number of aromatic nitrogens is 3. The van der Waals surface area contributed by atoms with E-state index in [-0.39, 0.29) is 56.1 Å². The van der Waals surface area contributed by atoms with Gasteiger partial charge in [-0.1, -0.05) is 13.3 Å². The number of nitrogens with two attached hydrogens (primary N) is 2. The Morgan fingerprint density at radius 1 is 1.30 bits per heavy atom. The molecule has 2 fully saturated rings. The van der Waals surface area contributed by atoms with Gasteiger partial charge in [-0.2, -0.15) is 15.2 Å². The van der Waals surface area contributed by atoms with E-state index < -0.39 is 23.3 Å². The zero-order chi connectivity index (χ0) is 31.2. The lowest BCUT2D eigenvalue weighted by atomic mass is 9.95. The number of benzene rings is 1. The summed E-state index contributed by atoms with van der Waals surface area (Å²) in [5, 5.41) is 10.5. The SMILES string of the molecule is CCCC(N)CN(CC)c1nc(OC[C@]23CCCN2C[C@@H](F)C3)nc2c(F)c(-c3ccc(F)c4sc(N)c(C#N)c34)ncc12. The molecule has 1 aromatic carbocycles. The number of halogens is 3. The number of pyridine rings is 1. The first-order valence-electron chi connectivity index (χ1n) is 15.0. The van der Waals surface area contributed by atoms with E-state index in [1.54, 1.807) is 0 Å². The van der Waals surface area contributed by atoms with E-state index in [4.69, 9.17) is 21.2 Å². The summed E-state index contributed by atoms with van der Waals surface area (Å²) in [7, 11) is 0. The first-order valence-corrected chi connectivity index (χ1v) is 15.8. The number of nitrogens with zero attached hydrogens (tertiary/aromatic N) is 6. The number of ether oxygens (including phenoxy) is 1. The smallest absolute Gasteiger partial charge is 0.319 e. The quantitative estimate of drug-likeness (QED) is 0.233. The average molecular weight is 625 g/mol. The number of hydrogen-bond acceptors (Lipinski definition) is 10. The Morgan fingerprint density at radius 3 is 2.86 bits per heavy atom. The molecular weight excluding hydrogens is 589 g/mol. The summed E-state index contributed by atoms with van der Waals surface area (Å²) < 4.78 is 52.1. The zero-order valence-corrected chi connectivity index (χ0v) is 25.6. The van der Waals surface area contributed by atoms with Crippen LogP contribution in [0.3, 0.4) is 0 Å². The standard InChI is InChI=1S/C31H35F3N8OS/c1-3-6-18(36)15-41(4-2)29-21-13-38-25(19-7-8-22(33)27-23(19)20(12-35)28(37)44-27)24(34)26(21)39-30(40-29)43-16-31-9-5-10-42(31)14-17(32)11-31/h7-8,13,17-18H,3-6,9-11,14-16,36-37H2,1-2H3/t17-,18?,31+/m0/s1. The number of hydrogen-bond donors (Lipinski definition) is 2. The van der Waals surface area contributed by atoms with Crippen molar-refractivity contribution in [2.45, 2.75) is 63.7 Å². The summed E-state index contributed by atoms with van der Waals surface area (Å²) >= 11 is 0.931. The Labute approximate surface area is 257 Å². The van der Waals surface area contributed by atoms with Gasteiger partial charge in [0.05, 0.1) is 21.2 Å². The molecule has 3 aromatic heterocycles. The Balaban J connectivity index is 1.49. The van der Waals surface area contributed by atoms with E-state index in [9.17, 15) is 14.0 Å². The molecule has 0 amide bonds. The number of nitriles is 1. The maximum absolute atomic E-state index is 16.6. The molecule has 0 bridgehead atoms. The Hall–Kier alpha value is -3.73. The lowest BCUT2D eigenvalue weighted by molar-refractivity contribution is 0.107. The van der Waals surface area contributed by atoms with Crippen LogP contribution < -0.4 is 21.1 Å². The number of alkyl halides is 1. The maximum Gasteiger partial charge on any atom is 0.319 e. The molecule has 0 spiro atoms. The minimum absolute atomic E-state index is 0.0312. The van der Waals surface area contributed by atoms with Crippen LogP contribution in [0.15, 0.2) is 18.3 Å². The average Bonchev–Trinajstić information content (AvgIpc) is 3.65. The summed E-state index contributed by atoms with van der Waals surface area (Å²) in [6.45, 7) is 6.38. The predicted octanol–water partition coefficient (Wildman–Crippen LogP) is 5.55. The molecule has 44 heavy (non-hydrogen) atoms.